The molecule has 6 nitrogen and oxygen atoms in total. The molecule has 1 aliphatic heterocycles. The van der Waals surface area contributed by atoms with Crippen LogP contribution in [0.3, 0.4) is 0 Å². The van der Waals surface area contributed by atoms with E-state index in [1.165, 1.54) is 19.3 Å². The van der Waals surface area contributed by atoms with Gasteiger partial charge >= 0.3 is 6.01 Å². The first kappa shape index (κ1) is 12.1. The fourth-order valence-electron chi connectivity index (χ4n) is 5.19. The molecule has 4 fully saturated rings. The summed E-state index contributed by atoms with van der Waals surface area (Å²) in [6, 6.07) is 0.417. The van der Waals surface area contributed by atoms with Gasteiger partial charge in [-0.25, -0.2) is 0 Å². The third kappa shape index (κ3) is 1.78. The molecule has 6 heteroatoms. The van der Waals surface area contributed by atoms with Crippen molar-refractivity contribution in [3.8, 4) is 0 Å². The lowest BCUT2D eigenvalue weighted by atomic mass is 10.0. The number of hydrogen-bond donors (Lipinski definition) is 2. The zero-order chi connectivity index (χ0) is 14.0. The van der Waals surface area contributed by atoms with Gasteiger partial charge in [0.1, 0.15) is 0 Å². The van der Waals surface area contributed by atoms with E-state index in [9.17, 15) is 4.79 Å². The maximum Gasteiger partial charge on any atom is 0.322 e. The van der Waals surface area contributed by atoms with Crippen LogP contribution >= 0.6 is 0 Å². The van der Waals surface area contributed by atoms with Crippen molar-refractivity contribution in [3.05, 3.63) is 5.89 Å². The summed E-state index contributed by atoms with van der Waals surface area (Å²) in [7, 11) is 0. The van der Waals surface area contributed by atoms with E-state index in [1.54, 1.807) is 0 Å². The van der Waals surface area contributed by atoms with Crippen molar-refractivity contribution in [1.82, 2.24) is 15.5 Å². The molecule has 21 heavy (non-hydrogen) atoms. The number of nitrogens with zero attached hydrogens (tertiary/aromatic N) is 2. The summed E-state index contributed by atoms with van der Waals surface area (Å²) in [4.78, 5) is 12.4. The molecular formula is C15H20N4O2. The number of rotatable bonds is 3. The van der Waals surface area contributed by atoms with Crippen LogP contribution in [0.4, 0.5) is 6.01 Å². The Balaban J connectivity index is 1.25. The lowest BCUT2D eigenvalue weighted by molar-refractivity contribution is -0.118. The summed E-state index contributed by atoms with van der Waals surface area (Å²) in [5.74, 6) is 3.78. The van der Waals surface area contributed by atoms with Crippen molar-refractivity contribution in [2.45, 2.75) is 38.1 Å². The molecule has 2 N–H and O–H groups in total. The van der Waals surface area contributed by atoms with Crippen LogP contribution in [0, 0.1) is 29.6 Å². The molecule has 2 heterocycles. The maximum absolute atomic E-state index is 12.4. The Morgan fingerprint density at radius 3 is 2.71 bits per heavy atom. The van der Waals surface area contributed by atoms with Gasteiger partial charge < -0.3 is 9.73 Å². The van der Waals surface area contributed by atoms with Crippen LogP contribution in [0.5, 0.6) is 0 Å². The highest BCUT2D eigenvalue weighted by atomic mass is 16.4. The van der Waals surface area contributed by atoms with Crippen molar-refractivity contribution in [2.75, 3.05) is 11.9 Å². The van der Waals surface area contributed by atoms with Crippen LogP contribution in [0.1, 0.15) is 44.0 Å². The van der Waals surface area contributed by atoms with Gasteiger partial charge in [0.05, 0.1) is 6.04 Å². The second-order valence-electron chi connectivity index (χ2n) is 7.10. The average molecular weight is 288 g/mol. The summed E-state index contributed by atoms with van der Waals surface area (Å²) >= 11 is 0. The lowest BCUT2D eigenvalue weighted by Crippen LogP contribution is -2.18. The van der Waals surface area contributed by atoms with Crippen molar-refractivity contribution >= 4 is 11.9 Å². The maximum atomic E-state index is 12.4. The largest absolute Gasteiger partial charge is 0.406 e. The average Bonchev–Trinajstić information content (AvgIpc) is 3.04. The number of anilines is 1. The molecule has 2 bridgehead atoms. The molecule has 1 saturated heterocycles. The van der Waals surface area contributed by atoms with E-state index in [2.05, 4.69) is 20.8 Å². The summed E-state index contributed by atoms with van der Waals surface area (Å²) in [5.41, 5.74) is 0. The number of aromatic nitrogens is 2. The van der Waals surface area contributed by atoms with Gasteiger partial charge in [-0.3, -0.25) is 10.1 Å². The smallest absolute Gasteiger partial charge is 0.322 e. The molecule has 112 valence electrons. The van der Waals surface area contributed by atoms with Gasteiger partial charge in [-0.15, -0.1) is 5.10 Å². The number of hydrogen-bond acceptors (Lipinski definition) is 5. The van der Waals surface area contributed by atoms with Gasteiger partial charge in [0.25, 0.3) is 0 Å². The van der Waals surface area contributed by atoms with Gasteiger partial charge in [0.2, 0.25) is 11.8 Å². The molecule has 1 amide bonds. The Labute approximate surface area is 123 Å². The van der Waals surface area contributed by atoms with E-state index >= 15 is 0 Å². The molecular weight excluding hydrogens is 268 g/mol. The molecule has 3 saturated carbocycles. The Morgan fingerprint density at radius 1 is 1.19 bits per heavy atom. The predicted molar refractivity (Wildman–Crippen MR) is 74.2 cm³/mol. The predicted octanol–water partition coefficient (Wildman–Crippen LogP) is 1.72. The highest BCUT2D eigenvalue weighted by molar-refractivity contribution is 5.93. The summed E-state index contributed by atoms with van der Waals surface area (Å²) in [5, 5.41) is 14.2. The summed E-state index contributed by atoms with van der Waals surface area (Å²) < 4.78 is 5.59. The van der Waals surface area contributed by atoms with Gasteiger partial charge in [-0.1, -0.05) is 5.10 Å². The van der Waals surface area contributed by atoms with E-state index in [0.717, 1.165) is 31.2 Å². The summed E-state index contributed by atoms with van der Waals surface area (Å²) in [6.07, 6.45) is 6.16. The number of fused-ring (bicyclic) bond motifs is 5. The van der Waals surface area contributed by atoms with Crippen molar-refractivity contribution in [1.29, 1.82) is 0 Å². The van der Waals surface area contributed by atoms with Gasteiger partial charge in [0, 0.05) is 5.92 Å². The third-order valence-electron chi connectivity index (χ3n) is 6.07. The minimum Gasteiger partial charge on any atom is -0.406 e. The van der Waals surface area contributed by atoms with Crippen LogP contribution < -0.4 is 10.6 Å². The highest BCUT2D eigenvalue weighted by Crippen LogP contribution is 2.69. The molecule has 5 rings (SSSR count). The molecule has 4 aliphatic rings. The number of nitrogens with one attached hydrogen (secondary N) is 2. The molecule has 1 aromatic rings. The molecule has 0 spiro atoms. The Bertz CT molecular complexity index is 564. The number of carbonyl (C=O) groups is 1. The first-order valence-electron chi connectivity index (χ1n) is 8.19. The fourth-order valence-corrected chi connectivity index (χ4v) is 5.19. The highest BCUT2D eigenvalue weighted by Gasteiger charge is 2.67. The zero-order valence-corrected chi connectivity index (χ0v) is 11.9. The number of amides is 1. The Hall–Kier alpha value is -1.43. The molecule has 0 aromatic carbocycles. The summed E-state index contributed by atoms with van der Waals surface area (Å²) in [6.45, 7) is 0.989. The fraction of sp³-hybridized carbons (Fsp3) is 0.800. The first-order chi connectivity index (χ1) is 10.3. The van der Waals surface area contributed by atoms with E-state index in [1.807, 2.05) is 0 Å². The van der Waals surface area contributed by atoms with E-state index in [4.69, 9.17) is 4.42 Å². The molecule has 3 aliphatic carbocycles. The van der Waals surface area contributed by atoms with Crippen LogP contribution in [0.25, 0.3) is 0 Å². The van der Waals surface area contributed by atoms with Crippen LogP contribution in [-0.4, -0.2) is 22.6 Å². The molecule has 5 unspecified atom stereocenters. The topological polar surface area (TPSA) is 80.0 Å². The van der Waals surface area contributed by atoms with Crippen LogP contribution in [0.2, 0.25) is 0 Å². The van der Waals surface area contributed by atoms with E-state index in [-0.39, 0.29) is 23.9 Å². The lowest BCUT2D eigenvalue weighted by Gasteiger charge is -2.07. The van der Waals surface area contributed by atoms with Crippen LogP contribution in [-0.2, 0) is 4.79 Å². The monoisotopic (exact) mass is 288 g/mol. The quantitative estimate of drug-likeness (QED) is 0.885. The second-order valence-corrected chi connectivity index (χ2v) is 7.10. The normalized spacial score (nSPS) is 43.0. The third-order valence-corrected chi connectivity index (χ3v) is 6.07. The Kier molecular flexibility index (Phi) is 2.48. The second kappa shape index (κ2) is 4.29. The minimum atomic E-state index is 0.0937. The number of carbonyl (C=O) groups excluding carboxylic acids is 1. The van der Waals surface area contributed by atoms with Gasteiger partial charge in [-0.05, 0) is 62.3 Å². The van der Waals surface area contributed by atoms with E-state index in [0.29, 0.717) is 17.7 Å². The molecule has 0 radical (unpaired) electrons. The van der Waals surface area contributed by atoms with Crippen molar-refractivity contribution < 1.29 is 9.21 Å². The van der Waals surface area contributed by atoms with Gasteiger partial charge in [-0.2, -0.15) is 0 Å². The standard InChI is InChI=1S/C15H20N4O2/c20-13(12-10-7-3-4-8(6-7)11(10)12)17-15-19-18-14(21-15)9-2-1-5-16-9/h7-12,16H,1-6H2,(H,17,19,20). The molecule has 1 aromatic heterocycles. The van der Waals surface area contributed by atoms with Crippen LogP contribution in [0.15, 0.2) is 4.42 Å². The van der Waals surface area contributed by atoms with Crippen molar-refractivity contribution in [2.24, 2.45) is 29.6 Å². The SMILES string of the molecule is O=C(Nc1nnc(C2CCCN2)o1)C1C2C3CCC(C3)C12. The first-order valence-corrected chi connectivity index (χ1v) is 8.19. The van der Waals surface area contributed by atoms with Crippen molar-refractivity contribution in [3.63, 3.8) is 0 Å². The van der Waals surface area contributed by atoms with E-state index < -0.39 is 0 Å². The van der Waals surface area contributed by atoms with Gasteiger partial charge in [0.15, 0.2) is 0 Å². The molecule has 5 atom stereocenters. The zero-order valence-electron chi connectivity index (χ0n) is 11.9. The minimum absolute atomic E-state index is 0.0937. The Morgan fingerprint density at radius 2 is 2.00 bits per heavy atom.